The van der Waals surface area contributed by atoms with Crippen molar-refractivity contribution in [3.63, 3.8) is 0 Å². The van der Waals surface area contributed by atoms with Crippen molar-refractivity contribution in [2.24, 2.45) is 5.92 Å². The molecule has 0 aliphatic heterocycles. The summed E-state index contributed by atoms with van der Waals surface area (Å²) < 4.78 is 0. The lowest BCUT2D eigenvalue weighted by atomic mass is 10.0. The van der Waals surface area contributed by atoms with Crippen molar-refractivity contribution in [1.82, 2.24) is 5.32 Å². The Hall–Kier alpha value is -1.51. The average Bonchev–Trinajstić information content (AvgIpc) is 2.47. The maximum absolute atomic E-state index is 11.7. The van der Waals surface area contributed by atoms with Gasteiger partial charge in [0.1, 0.15) is 0 Å². The minimum atomic E-state index is 0.201. The molecular weight excluding hydrogens is 260 g/mol. The Labute approximate surface area is 129 Å². The Morgan fingerprint density at radius 2 is 1.95 bits per heavy atom. The summed E-state index contributed by atoms with van der Waals surface area (Å²) in [6.45, 7) is 6.13. The number of hydrogen-bond acceptors (Lipinski definition) is 2. The first-order valence-electron chi connectivity index (χ1n) is 8.16. The van der Waals surface area contributed by atoms with Gasteiger partial charge in [0.2, 0.25) is 5.91 Å². The Kier molecular flexibility index (Phi) is 8.56. The van der Waals surface area contributed by atoms with E-state index in [4.69, 9.17) is 0 Å². The molecule has 1 N–H and O–H groups in total. The minimum Gasteiger partial charge on any atom is -0.375 e. The summed E-state index contributed by atoms with van der Waals surface area (Å²) in [5.74, 6) is 0.701. The molecule has 3 nitrogen and oxygen atoms in total. The van der Waals surface area contributed by atoms with Gasteiger partial charge in [-0.2, -0.15) is 0 Å². The summed E-state index contributed by atoms with van der Waals surface area (Å²) in [6.07, 6.45) is 5.08. The molecular formula is C18H30N2O. The summed E-state index contributed by atoms with van der Waals surface area (Å²) in [5.41, 5.74) is 1.25. The number of para-hydroxylation sites is 1. The zero-order chi connectivity index (χ0) is 15.5. The first-order valence-corrected chi connectivity index (χ1v) is 8.16. The van der Waals surface area contributed by atoms with E-state index in [0.717, 1.165) is 38.8 Å². The monoisotopic (exact) mass is 290 g/mol. The molecule has 118 valence electrons. The van der Waals surface area contributed by atoms with Crippen molar-refractivity contribution in [3.05, 3.63) is 30.3 Å². The van der Waals surface area contributed by atoms with Crippen molar-refractivity contribution in [1.29, 1.82) is 0 Å². The van der Waals surface area contributed by atoms with Gasteiger partial charge in [-0.05, 0) is 30.9 Å². The van der Waals surface area contributed by atoms with Crippen molar-refractivity contribution in [2.45, 2.75) is 46.0 Å². The number of nitrogens with one attached hydrogen (secondary N) is 1. The van der Waals surface area contributed by atoms with Gasteiger partial charge in [0, 0.05) is 32.2 Å². The molecule has 0 saturated heterocycles. The van der Waals surface area contributed by atoms with E-state index in [0.29, 0.717) is 12.3 Å². The summed E-state index contributed by atoms with van der Waals surface area (Å²) in [5, 5.41) is 3.03. The Morgan fingerprint density at radius 3 is 2.62 bits per heavy atom. The molecule has 0 aliphatic carbocycles. The number of rotatable bonds is 10. The van der Waals surface area contributed by atoms with Crippen LogP contribution in [0.2, 0.25) is 0 Å². The molecule has 0 aliphatic rings. The van der Waals surface area contributed by atoms with Crippen molar-refractivity contribution >= 4 is 11.6 Å². The number of nitrogens with zero attached hydrogens (tertiary/aromatic N) is 1. The van der Waals surface area contributed by atoms with Gasteiger partial charge in [0.15, 0.2) is 0 Å². The molecule has 1 rings (SSSR count). The number of hydrogen-bond donors (Lipinski definition) is 1. The third kappa shape index (κ3) is 7.74. The molecule has 1 aromatic carbocycles. The van der Waals surface area contributed by atoms with Crippen LogP contribution in [0.4, 0.5) is 5.69 Å². The zero-order valence-corrected chi connectivity index (χ0v) is 13.8. The number of carbonyl (C=O) groups is 1. The molecule has 0 fully saturated rings. The van der Waals surface area contributed by atoms with Crippen LogP contribution in [0.5, 0.6) is 0 Å². The molecule has 1 unspecified atom stereocenters. The van der Waals surface area contributed by atoms with Gasteiger partial charge in [-0.25, -0.2) is 0 Å². The van der Waals surface area contributed by atoms with Crippen molar-refractivity contribution < 1.29 is 4.79 Å². The van der Waals surface area contributed by atoms with Crippen LogP contribution in [0.25, 0.3) is 0 Å². The van der Waals surface area contributed by atoms with Crippen LogP contribution in [-0.4, -0.2) is 26.0 Å². The molecule has 1 atom stereocenters. The zero-order valence-electron chi connectivity index (χ0n) is 13.8. The first kappa shape index (κ1) is 17.5. The number of anilines is 1. The lowest BCUT2D eigenvalue weighted by Crippen LogP contribution is -2.27. The maximum Gasteiger partial charge on any atom is 0.220 e. The van der Waals surface area contributed by atoms with E-state index in [1.165, 1.54) is 5.69 Å². The fraction of sp³-hybridized carbons (Fsp3) is 0.611. The molecule has 1 amide bonds. The lowest BCUT2D eigenvalue weighted by Gasteiger charge is -2.19. The fourth-order valence-electron chi connectivity index (χ4n) is 2.50. The lowest BCUT2D eigenvalue weighted by molar-refractivity contribution is -0.121. The first-order chi connectivity index (χ1) is 10.1. The number of amides is 1. The van der Waals surface area contributed by atoms with Gasteiger partial charge in [0.25, 0.3) is 0 Å². The SMILES string of the molecule is CCCC(C)CC(=O)NCCCCN(C)c1ccccc1. The summed E-state index contributed by atoms with van der Waals surface area (Å²) in [7, 11) is 2.11. The Morgan fingerprint density at radius 1 is 1.24 bits per heavy atom. The molecule has 0 saturated carbocycles. The van der Waals surface area contributed by atoms with Gasteiger partial charge >= 0.3 is 0 Å². The van der Waals surface area contributed by atoms with E-state index in [2.05, 4.69) is 55.4 Å². The topological polar surface area (TPSA) is 32.3 Å². The summed E-state index contributed by atoms with van der Waals surface area (Å²) in [6, 6.07) is 10.4. The quantitative estimate of drug-likeness (QED) is 0.664. The van der Waals surface area contributed by atoms with E-state index in [-0.39, 0.29) is 5.91 Å². The molecule has 1 aromatic rings. The molecule has 0 bridgehead atoms. The Bertz CT molecular complexity index is 391. The van der Waals surface area contributed by atoms with Crippen molar-refractivity contribution in [3.8, 4) is 0 Å². The normalized spacial score (nSPS) is 12.0. The molecule has 0 radical (unpaired) electrons. The highest BCUT2D eigenvalue weighted by Crippen LogP contribution is 2.11. The van der Waals surface area contributed by atoms with Gasteiger partial charge < -0.3 is 10.2 Å². The van der Waals surface area contributed by atoms with Crippen LogP contribution in [0.1, 0.15) is 46.0 Å². The molecule has 21 heavy (non-hydrogen) atoms. The van der Waals surface area contributed by atoms with Crippen molar-refractivity contribution in [2.75, 3.05) is 25.0 Å². The van der Waals surface area contributed by atoms with Crippen LogP contribution in [0.3, 0.4) is 0 Å². The second kappa shape index (κ2) is 10.3. The smallest absolute Gasteiger partial charge is 0.220 e. The Balaban J connectivity index is 2.08. The van der Waals surface area contributed by atoms with Crippen LogP contribution >= 0.6 is 0 Å². The second-order valence-corrected chi connectivity index (χ2v) is 5.91. The molecule has 0 spiro atoms. The highest BCUT2D eigenvalue weighted by atomic mass is 16.1. The number of carbonyl (C=O) groups excluding carboxylic acids is 1. The fourth-order valence-corrected chi connectivity index (χ4v) is 2.50. The maximum atomic E-state index is 11.7. The van der Waals surface area contributed by atoms with E-state index in [9.17, 15) is 4.79 Å². The third-order valence-corrected chi connectivity index (χ3v) is 3.75. The summed E-state index contributed by atoms with van der Waals surface area (Å²) >= 11 is 0. The standard InChI is InChI=1S/C18H30N2O/c1-4-10-16(2)15-18(21)19-13-8-9-14-20(3)17-11-6-5-7-12-17/h5-7,11-12,16H,4,8-10,13-15H2,1-3H3,(H,19,21). The average molecular weight is 290 g/mol. The van der Waals surface area contributed by atoms with E-state index in [1.807, 2.05) is 6.07 Å². The van der Waals surface area contributed by atoms with Crippen LogP contribution < -0.4 is 10.2 Å². The minimum absolute atomic E-state index is 0.201. The van der Waals surface area contributed by atoms with E-state index in [1.54, 1.807) is 0 Å². The molecule has 0 heterocycles. The highest BCUT2D eigenvalue weighted by molar-refractivity contribution is 5.76. The predicted molar refractivity (Wildman–Crippen MR) is 90.6 cm³/mol. The predicted octanol–water partition coefficient (Wildman–Crippen LogP) is 3.85. The van der Waals surface area contributed by atoms with E-state index < -0.39 is 0 Å². The van der Waals surface area contributed by atoms with Gasteiger partial charge in [-0.3, -0.25) is 4.79 Å². The summed E-state index contributed by atoms with van der Waals surface area (Å²) in [4.78, 5) is 14.0. The number of unbranched alkanes of at least 4 members (excludes halogenated alkanes) is 1. The van der Waals surface area contributed by atoms with Crippen LogP contribution in [0, 0.1) is 5.92 Å². The largest absolute Gasteiger partial charge is 0.375 e. The van der Waals surface area contributed by atoms with Gasteiger partial charge in [-0.1, -0.05) is 44.9 Å². The third-order valence-electron chi connectivity index (χ3n) is 3.75. The number of benzene rings is 1. The van der Waals surface area contributed by atoms with Crippen LogP contribution in [0.15, 0.2) is 30.3 Å². The van der Waals surface area contributed by atoms with E-state index >= 15 is 0 Å². The van der Waals surface area contributed by atoms with Gasteiger partial charge in [0.05, 0.1) is 0 Å². The molecule has 0 aromatic heterocycles. The van der Waals surface area contributed by atoms with Crippen LogP contribution in [-0.2, 0) is 4.79 Å². The van der Waals surface area contributed by atoms with Gasteiger partial charge in [-0.15, -0.1) is 0 Å². The second-order valence-electron chi connectivity index (χ2n) is 5.91. The highest BCUT2D eigenvalue weighted by Gasteiger charge is 2.07. The molecule has 3 heteroatoms.